The molecule has 1 saturated heterocycles. The third-order valence-electron chi connectivity index (χ3n) is 3.53. The molecule has 1 fully saturated rings. The van der Waals surface area contributed by atoms with Crippen LogP contribution in [0.4, 0.5) is 4.39 Å². The first kappa shape index (κ1) is 13.8. The molecule has 0 saturated carbocycles. The molecule has 18 heavy (non-hydrogen) atoms. The average molecular weight is 272 g/mol. The monoisotopic (exact) mass is 271 g/mol. The molecule has 1 aromatic carbocycles. The maximum absolute atomic E-state index is 13.4. The minimum Gasteiger partial charge on any atom is -0.374 e. The minimum atomic E-state index is -0.369. The van der Waals surface area contributed by atoms with E-state index < -0.39 is 0 Å². The molecule has 0 bridgehead atoms. The minimum absolute atomic E-state index is 0.0813. The summed E-state index contributed by atoms with van der Waals surface area (Å²) in [7, 11) is 0. The van der Waals surface area contributed by atoms with Crippen LogP contribution in [0.25, 0.3) is 0 Å². The normalized spacial score (nSPS) is 25.3. The SMILES string of the molecule is CC(NCC1(C)CCCO1)c1ccc(Cl)c(F)c1. The predicted molar refractivity (Wildman–Crippen MR) is 71.4 cm³/mol. The summed E-state index contributed by atoms with van der Waals surface area (Å²) in [4.78, 5) is 0. The lowest BCUT2D eigenvalue weighted by atomic mass is 10.0. The van der Waals surface area contributed by atoms with E-state index in [2.05, 4.69) is 12.2 Å². The van der Waals surface area contributed by atoms with Crippen LogP contribution in [-0.4, -0.2) is 18.8 Å². The van der Waals surface area contributed by atoms with Gasteiger partial charge in [0, 0.05) is 19.2 Å². The molecule has 0 aliphatic carbocycles. The third kappa shape index (κ3) is 3.22. The highest BCUT2D eigenvalue weighted by Crippen LogP contribution is 2.26. The van der Waals surface area contributed by atoms with Gasteiger partial charge in [-0.15, -0.1) is 0 Å². The van der Waals surface area contributed by atoms with Gasteiger partial charge in [0.1, 0.15) is 5.82 Å². The van der Waals surface area contributed by atoms with Crippen LogP contribution in [0.1, 0.15) is 38.3 Å². The lowest BCUT2D eigenvalue weighted by Gasteiger charge is -2.26. The van der Waals surface area contributed by atoms with E-state index in [1.54, 1.807) is 6.07 Å². The van der Waals surface area contributed by atoms with Gasteiger partial charge in [0.25, 0.3) is 0 Å². The molecular formula is C14H19ClFNO. The Bertz CT molecular complexity index is 418. The summed E-state index contributed by atoms with van der Waals surface area (Å²) >= 11 is 5.67. The van der Waals surface area contributed by atoms with E-state index in [0.29, 0.717) is 0 Å². The third-order valence-corrected chi connectivity index (χ3v) is 3.83. The highest BCUT2D eigenvalue weighted by Gasteiger charge is 2.29. The molecule has 0 spiro atoms. The van der Waals surface area contributed by atoms with E-state index in [4.69, 9.17) is 16.3 Å². The first-order valence-corrected chi connectivity index (χ1v) is 6.70. The number of hydrogen-bond donors (Lipinski definition) is 1. The van der Waals surface area contributed by atoms with Gasteiger partial charge in [-0.2, -0.15) is 0 Å². The molecule has 2 atom stereocenters. The number of halogens is 2. The van der Waals surface area contributed by atoms with Crippen LogP contribution >= 0.6 is 11.6 Å². The van der Waals surface area contributed by atoms with Crippen LogP contribution < -0.4 is 5.32 Å². The van der Waals surface area contributed by atoms with Crippen molar-refractivity contribution in [2.24, 2.45) is 0 Å². The lowest BCUT2D eigenvalue weighted by molar-refractivity contribution is 0.0191. The van der Waals surface area contributed by atoms with Crippen molar-refractivity contribution in [1.82, 2.24) is 5.32 Å². The topological polar surface area (TPSA) is 21.3 Å². The first-order chi connectivity index (χ1) is 8.50. The van der Waals surface area contributed by atoms with Crippen LogP contribution in [0.15, 0.2) is 18.2 Å². The molecule has 1 aromatic rings. The highest BCUT2D eigenvalue weighted by atomic mass is 35.5. The Morgan fingerprint density at radius 3 is 2.94 bits per heavy atom. The van der Waals surface area contributed by atoms with Crippen molar-refractivity contribution < 1.29 is 9.13 Å². The molecule has 0 amide bonds. The number of ether oxygens (including phenoxy) is 1. The number of hydrogen-bond acceptors (Lipinski definition) is 2. The molecule has 100 valence electrons. The van der Waals surface area contributed by atoms with Crippen molar-refractivity contribution in [2.45, 2.75) is 38.3 Å². The Balaban J connectivity index is 1.94. The summed E-state index contributed by atoms with van der Waals surface area (Å²) in [6, 6.07) is 5.01. The van der Waals surface area contributed by atoms with E-state index in [-0.39, 0.29) is 22.5 Å². The Hall–Kier alpha value is -0.640. The van der Waals surface area contributed by atoms with Crippen LogP contribution in [0.2, 0.25) is 5.02 Å². The van der Waals surface area contributed by atoms with Gasteiger partial charge < -0.3 is 10.1 Å². The molecule has 0 radical (unpaired) electrons. The van der Waals surface area contributed by atoms with E-state index in [0.717, 1.165) is 31.6 Å². The fourth-order valence-corrected chi connectivity index (χ4v) is 2.36. The molecule has 1 N–H and O–H groups in total. The second kappa shape index (κ2) is 5.55. The second-order valence-corrected chi connectivity index (χ2v) is 5.59. The van der Waals surface area contributed by atoms with Crippen molar-refractivity contribution in [2.75, 3.05) is 13.2 Å². The summed E-state index contributed by atoms with van der Waals surface area (Å²) in [5, 5.41) is 3.56. The van der Waals surface area contributed by atoms with Crippen molar-refractivity contribution in [1.29, 1.82) is 0 Å². The molecular weight excluding hydrogens is 253 g/mol. The molecule has 1 aliphatic rings. The van der Waals surface area contributed by atoms with E-state index in [1.165, 1.54) is 6.07 Å². The Kier molecular flexibility index (Phi) is 4.25. The van der Waals surface area contributed by atoms with Gasteiger partial charge in [-0.1, -0.05) is 17.7 Å². The molecule has 2 nitrogen and oxygen atoms in total. The van der Waals surface area contributed by atoms with Crippen LogP contribution in [0, 0.1) is 5.82 Å². The molecule has 1 heterocycles. The number of nitrogens with one attached hydrogen (secondary N) is 1. The Labute approximate surface area is 112 Å². The van der Waals surface area contributed by atoms with Gasteiger partial charge in [-0.25, -0.2) is 4.39 Å². The van der Waals surface area contributed by atoms with E-state index in [9.17, 15) is 4.39 Å². The van der Waals surface area contributed by atoms with Crippen molar-refractivity contribution in [3.63, 3.8) is 0 Å². The summed E-state index contributed by atoms with van der Waals surface area (Å²) < 4.78 is 19.1. The number of benzene rings is 1. The van der Waals surface area contributed by atoms with Crippen LogP contribution in [0.5, 0.6) is 0 Å². The zero-order chi connectivity index (χ0) is 13.2. The van der Waals surface area contributed by atoms with Gasteiger partial charge in [0.15, 0.2) is 0 Å². The molecule has 4 heteroatoms. The largest absolute Gasteiger partial charge is 0.374 e. The first-order valence-electron chi connectivity index (χ1n) is 6.32. The van der Waals surface area contributed by atoms with Crippen LogP contribution in [-0.2, 0) is 4.74 Å². The lowest BCUT2D eigenvalue weighted by Crippen LogP contribution is -2.38. The summed E-state index contributed by atoms with van der Waals surface area (Å²) in [6.45, 7) is 5.74. The van der Waals surface area contributed by atoms with Crippen molar-refractivity contribution >= 4 is 11.6 Å². The number of rotatable bonds is 4. The maximum Gasteiger partial charge on any atom is 0.142 e. The Morgan fingerprint density at radius 2 is 2.33 bits per heavy atom. The fraction of sp³-hybridized carbons (Fsp3) is 0.571. The van der Waals surface area contributed by atoms with E-state index >= 15 is 0 Å². The summed E-state index contributed by atoms with van der Waals surface area (Å²) in [5.74, 6) is -0.369. The smallest absolute Gasteiger partial charge is 0.142 e. The second-order valence-electron chi connectivity index (χ2n) is 5.18. The highest BCUT2D eigenvalue weighted by molar-refractivity contribution is 6.30. The van der Waals surface area contributed by atoms with Gasteiger partial charge in [0.05, 0.1) is 10.6 Å². The van der Waals surface area contributed by atoms with Gasteiger partial charge in [-0.05, 0) is 44.4 Å². The van der Waals surface area contributed by atoms with E-state index in [1.807, 2.05) is 13.0 Å². The zero-order valence-electron chi connectivity index (χ0n) is 10.8. The molecule has 2 unspecified atom stereocenters. The summed E-state index contributed by atoms with van der Waals surface area (Å²) in [5.41, 5.74) is 0.817. The van der Waals surface area contributed by atoms with Crippen molar-refractivity contribution in [3.8, 4) is 0 Å². The van der Waals surface area contributed by atoms with Crippen molar-refractivity contribution in [3.05, 3.63) is 34.6 Å². The fourth-order valence-electron chi connectivity index (χ4n) is 2.24. The molecule has 1 aliphatic heterocycles. The summed E-state index contributed by atoms with van der Waals surface area (Å²) in [6.07, 6.45) is 2.18. The van der Waals surface area contributed by atoms with Gasteiger partial charge in [0.2, 0.25) is 0 Å². The quantitative estimate of drug-likeness (QED) is 0.902. The van der Waals surface area contributed by atoms with Crippen LogP contribution in [0.3, 0.4) is 0 Å². The molecule has 0 aromatic heterocycles. The average Bonchev–Trinajstić information content (AvgIpc) is 2.77. The Morgan fingerprint density at radius 1 is 1.56 bits per heavy atom. The van der Waals surface area contributed by atoms with Gasteiger partial charge in [-0.3, -0.25) is 0 Å². The zero-order valence-corrected chi connectivity index (χ0v) is 11.6. The maximum atomic E-state index is 13.4. The predicted octanol–water partition coefficient (Wildman–Crippen LogP) is 3.70. The van der Waals surface area contributed by atoms with Gasteiger partial charge >= 0.3 is 0 Å². The molecule has 2 rings (SSSR count). The standard InChI is InChI=1S/C14H19ClFNO/c1-10(11-4-5-12(15)13(16)8-11)17-9-14(2)6-3-7-18-14/h4-5,8,10,17H,3,6-7,9H2,1-2H3.